The molecule has 0 unspecified atom stereocenters. The van der Waals surface area contributed by atoms with E-state index in [9.17, 15) is 18.9 Å². The highest BCUT2D eigenvalue weighted by molar-refractivity contribution is 9.10. The Morgan fingerprint density at radius 1 is 1.65 bits per heavy atom. The van der Waals surface area contributed by atoms with Gasteiger partial charge in [-0.05, 0) is 15.9 Å². The summed E-state index contributed by atoms with van der Waals surface area (Å²) in [7, 11) is 0. The summed E-state index contributed by atoms with van der Waals surface area (Å²) in [6.07, 6.45) is 1.24. The Balaban J connectivity index is 2.88. The van der Waals surface area contributed by atoms with Crippen molar-refractivity contribution in [3.8, 4) is 0 Å². The molecule has 0 bridgehead atoms. The molecule has 0 spiro atoms. The third kappa shape index (κ3) is 3.86. The van der Waals surface area contributed by atoms with E-state index in [-0.39, 0.29) is 5.82 Å². The Kier molecular flexibility index (Phi) is 4.29. The smallest absolute Gasteiger partial charge is 0.312 e. The van der Waals surface area contributed by atoms with Gasteiger partial charge in [-0.25, -0.2) is 13.8 Å². The van der Waals surface area contributed by atoms with Crippen LogP contribution in [0.4, 0.5) is 20.3 Å². The number of pyridine rings is 1. The van der Waals surface area contributed by atoms with Crippen molar-refractivity contribution in [2.75, 3.05) is 18.5 Å². The van der Waals surface area contributed by atoms with Gasteiger partial charge in [0.1, 0.15) is 6.61 Å². The Hall–Kier alpha value is -1.35. The first-order valence-corrected chi connectivity index (χ1v) is 5.17. The number of anilines is 1. The van der Waals surface area contributed by atoms with E-state index in [4.69, 9.17) is 5.11 Å². The van der Waals surface area contributed by atoms with Crippen molar-refractivity contribution < 1.29 is 18.8 Å². The molecule has 94 valence electrons. The number of aromatic nitrogens is 1. The fourth-order valence-corrected chi connectivity index (χ4v) is 1.29. The van der Waals surface area contributed by atoms with E-state index in [2.05, 4.69) is 26.2 Å². The summed E-state index contributed by atoms with van der Waals surface area (Å²) in [5.41, 5.74) is -0.423. The molecule has 1 aromatic rings. The lowest BCUT2D eigenvalue weighted by molar-refractivity contribution is -0.384. The number of nitrogens with one attached hydrogen (secondary N) is 1. The van der Waals surface area contributed by atoms with Crippen LogP contribution >= 0.6 is 15.9 Å². The lowest BCUT2D eigenvalue weighted by Crippen LogP contribution is -2.31. The van der Waals surface area contributed by atoms with E-state index in [1.807, 2.05) is 0 Å². The number of aliphatic hydroxyl groups is 1. The van der Waals surface area contributed by atoms with Crippen LogP contribution in [0.1, 0.15) is 0 Å². The van der Waals surface area contributed by atoms with Gasteiger partial charge in [0.05, 0.1) is 11.5 Å². The van der Waals surface area contributed by atoms with Crippen molar-refractivity contribution in [2.45, 2.75) is 5.92 Å². The van der Waals surface area contributed by atoms with Gasteiger partial charge in [-0.3, -0.25) is 10.1 Å². The first-order valence-electron chi connectivity index (χ1n) is 4.38. The van der Waals surface area contributed by atoms with E-state index in [1.165, 1.54) is 6.20 Å². The van der Waals surface area contributed by atoms with Gasteiger partial charge >= 0.3 is 5.69 Å². The molecule has 2 N–H and O–H groups in total. The zero-order valence-electron chi connectivity index (χ0n) is 8.36. The molecule has 1 rings (SSSR count). The predicted molar refractivity (Wildman–Crippen MR) is 59.1 cm³/mol. The quantitative estimate of drug-likeness (QED) is 0.639. The van der Waals surface area contributed by atoms with Crippen molar-refractivity contribution in [1.82, 2.24) is 4.98 Å². The first kappa shape index (κ1) is 13.7. The van der Waals surface area contributed by atoms with Gasteiger partial charge in [0.2, 0.25) is 5.82 Å². The van der Waals surface area contributed by atoms with Gasteiger partial charge in [-0.1, -0.05) is 0 Å². The molecule has 0 aliphatic heterocycles. The Morgan fingerprint density at radius 3 is 2.82 bits per heavy atom. The molecule has 0 aliphatic rings. The standard InChI is InChI=1S/C8H8BrF2N3O3/c9-5-1-6(14(16)17)7(12-2-5)13-3-8(10,11)4-15/h1-2,15H,3-4H2,(H,12,13). The van der Waals surface area contributed by atoms with Gasteiger partial charge in [-0.15, -0.1) is 0 Å². The Morgan fingerprint density at radius 2 is 2.29 bits per heavy atom. The molecule has 0 aromatic carbocycles. The highest BCUT2D eigenvalue weighted by Crippen LogP contribution is 2.26. The molecule has 1 heterocycles. The fourth-order valence-electron chi connectivity index (χ4n) is 0.973. The monoisotopic (exact) mass is 311 g/mol. The summed E-state index contributed by atoms with van der Waals surface area (Å²) in [4.78, 5) is 13.5. The van der Waals surface area contributed by atoms with Crippen molar-refractivity contribution in [3.63, 3.8) is 0 Å². The Labute approximate surface area is 103 Å². The lowest BCUT2D eigenvalue weighted by Gasteiger charge is -2.14. The summed E-state index contributed by atoms with van der Waals surface area (Å²) in [5, 5.41) is 21.1. The second-order valence-electron chi connectivity index (χ2n) is 3.15. The van der Waals surface area contributed by atoms with Crippen LogP contribution in [0.2, 0.25) is 0 Å². The van der Waals surface area contributed by atoms with Gasteiger partial charge in [0.25, 0.3) is 5.92 Å². The lowest BCUT2D eigenvalue weighted by atomic mass is 10.3. The van der Waals surface area contributed by atoms with Crippen molar-refractivity contribution in [2.24, 2.45) is 0 Å². The molecule has 0 saturated carbocycles. The van der Waals surface area contributed by atoms with Crippen molar-refractivity contribution in [3.05, 3.63) is 26.9 Å². The number of hydrogen-bond donors (Lipinski definition) is 2. The Bertz CT molecular complexity index is 430. The third-order valence-corrected chi connectivity index (χ3v) is 2.21. The minimum absolute atomic E-state index is 0.272. The second-order valence-corrected chi connectivity index (χ2v) is 4.06. The van der Waals surface area contributed by atoms with Crippen molar-refractivity contribution in [1.29, 1.82) is 0 Å². The summed E-state index contributed by atoms with van der Waals surface area (Å²) in [6.45, 7) is -2.27. The molecule has 6 nitrogen and oxygen atoms in total. The van der Waals surface area contributed by atoms with Gasteiger partial charge < -0.3 is 10.4 Å². The average molecular weight is 312 g/mol. The molecule has 9 heteroatoms. The molecular formula is C8H8BrF2N3O3. The van der Waals surface area contributed by atoms with E-state index in [0.29, 0.717) is 4.47 Å². The zero-order valence-corrected chi connectivity index (χ0v) is 9.95. The number of rotatable bonds is 5. The van der Waals surface area contributed by atoms with Crippen LogP contribution in [0.3, 0.4) is 0 Å². The topological polar surface area (TPSA) is 88.3 Å². The first-order chi connectivity index (χ1) is 7.85. The minimum Gasteiger partial charge on any atom is -0.390 e. The molecule has 0 fully saturated rings. The third-order valence-electron chi connectivity index (χ3n) is 1.78. The van der Waals surface area contributed by atoms with Gasteiger partial charge in [-0.2, -0.15) is 0 Å². The maximum Gasteiger partial charge on any atom is 0.312 e. The molecule has 1 aromatic heterocycles. The van der Waals surface area contributed by atoms with Crippen molar-refractivity contribution >= 4 is 27.4 Å². The van der Waals surface area contributed by atoms with Crippen LogP contribution in [0.5, 0.6) is 0 Å². The zero-order chi connectivity index (χ0) is 13.1. The number of alkyl halides is 2. The number of aliphatic hydroxyl groups excluding tert-OH is 1. The van der Waals surface area contributed by atoms with Gasteiger partial charge in [0.15, 0.2) is 0 Å². The SMILES string of the molecule is O=[N+]([O-])c1cc(Br)cnc1NCC(F)(F)CO. The molecule has 0 radical (unpaired) electrons. The molecule has 0 atom stereocenters. The highest BCUT2D eigenvalue weighted by atomic mass is 79.9. The molecule has 0 amide bonds. The van der Waals surface area contributed by atoms with E-state index in [1.54, 1.807) is 0 Å². The maximum atomic E-state index is 12.7. The van der Waals surface area contributed by atoms with Crippen LogP contribution in [0.25, 0.3) is 0 Å². The normalized spacial score (nSPS) is 11.3. The summed E-state index contributed by atoms with van der Waals surface area (Å²) >= 11 is 2.99. The minimum atomic E-state index is -3.36. The summed E-state index contributed by atoms with van der Waals surface area (Å²) in [6, 6.07) is 1.15. The van der Waals surface area contributed by atoms with Gasteiger partial charge in [0, 0.05) is 16.7 Å². The number of hydrogen-bond acceptors (Lipinski definition) is 5. The van der Waals surface area contributed by atoms with Crippen LogP contribution in [-0.2, 0) is 0 Å². The van der Waals surface area contributed by atoms with E-state index in [0.717, 1.165) is 6.07 Å². The summed E-state index contributed by atoms with van der Waals surface area (Å²) < 4.78 is 25.8. The molecule has 0 aliphatic carbocycles. The fraction of sp³-hybridized carbons (Fsp3) is 0.375. The van der Waals surface area contributed by atoms with Crippen LogP contribution < -0.4 is 5.32 Å². The number of nitro groups is 1. The number of nitrogens with zero attached hydrogens (tertiary/aromatic N) is 2. The maximum absolute atomic E-state index is 12.7. The predicted octanol–water partition coefficient (Wildman–Crippen LogP) is 1.79. The molecule has 0 saturated heterocycles. The van der Waals surface area contributed by atoms with E-state index >= 15 is 0 Å². The molecule has 17 heavy (non-hydrogen) atoms. The number of halogens is 3. The van der Waals surface area contributed by atoms with Crippen LogP contribution in [0.15, 0.2) is 16.7 Å². The van der Waals surface area contributed by atoms with Crippen LogP contribution in [-0.4, -0.2) is 34.1 Å². The summed E-state index contributed by atoms with van der Waals surface area (Å²) in [5.74, 6) is -3.63. The van der Waals surface area contributed by atoms with E-state index < -0.39 is 29.7 Å². The highest BCUT2D eigenvalue weighted by Gasteiger charge is 2.29. The van der Waals surface area contributed by atoms with Crippen LogP contribution in [0, 0.1) is 10.1 Å². The largest absolute Gasteiger partial charge is 0.390 e. The molecular weight excluding hydrogens is 304 g/mol. The second kappa shape index (κ2) is 5.32. The average Bonchev–Trinajstić information content (AvgIpc) is 2.27.